The lowest BCUT2D eigenvalue weighted by Gasteiger charge is -2.08. The van der Waals surface area contributed by atoms with Crippen molar-refractivity contribution in [1.29, 1.82) is 0 Å². The van der Waals surface area contributed by atoms with Gasteiger partial charge < -0.3 is 13.8 Å². The van der Waals surface area contributed by atoms with E-state index < -0.39 is 6.36 Å². The number of benzene rings is 1. The first kappa shape index (κ1) is 19.5. The summed E-state index contributed by atoms with van der Waals surface area (Å²) in [5, 5.41) is 14.9. The molecule has 3 heterocycles. The summed E-state index contributed by atoms with van der Waals surface area (Å²) in [6, 6.07) is 9.27. The summed E-state index contributed by atoms with van der Waals surface area (Å²) in [6.45, 7) is 0. The van der Waals surface area contributed by atoms with E-state index in [1.807, 2.05) is 29.1 Å². The smallest absolute Gasteiger partial charge is 0.406 e. The van der Waals surface area contributed by atoms with Crippen molar-refractivity contribution in [2.75, 3.05) is 0 Å². The summed E-state index contributed by atoms with van der Waals surface area (Å²) < 4.78 is 48.1. The maximum Gasteiger partial charge on any atom is 0.573 e. The number of thioether (sulfide) groups is 1. The average molecular weight is 439 g/mol. The Hall–Kier alpha value is -2.86. The molecule has 29 heavy (non-hydrogen) atoms. The van der Waals surface area contributed by atoms with E-state index >= 15 is 0 Å². The van der Waals surface area contributed by atoms with Crippen molar-refractivity contribution in [3.05, 3.63) is 47.6 Å². The quantitative estimate of drug-likeness (QED) is 0.400. The number of thiophene rings is 1. The van der Waals surface area contributed by atoms with Gasteiger partial charge in [-0.1, -0.05) is 29.1 Å². The van der Waals surface area contributed by atoms with Crippen LogP contribution < -0.4 is 4.74 Å². The molecular formula is C17H12F3N5O2S2. The van der Waals surface area contributed by atoms with Crippen LogP contribution in [0.25, 0.3) is 22.2 Å². The summed E-state index contributed by atoms with van der Waals surface area (Å²) in [7, 11) is 1.87. The number of aromatic nitrogens is 5. The molecule has 0 saturated heterocycles. The summed E-state index contributed by atoms with van der Waals surface area (Å²) in [5.41, 5.74) is 0.328. The van der Waals surface area contributed by atoms with E-state index in [1.54, 1.807) is 17.4 Å². The van der Waals surface area contributed by atoms with E-state index in [0.29, 0.717) is 22.3 Å². The summed E-state index contributed by atoms with van der Waals surface area (Å²) in [5.74, 6) is 1.25. The Morgan fingerprint density at radius 2 is 2.07 bits per heavy atom. The molecule has 0 bridgehead atoms. The van der Waals surface area contributed by atoms with Gasteiger partial charge in [0, 0.05) is 12.6 Å². The second-order valence-corrected chi connectivity index (χ2v) is 7.61. The van der Waals surface area contributed by atoms with Crippen molar-refractivity contribution < 1.29 is 22.4 Å². The highest BCUT2D eigenvalue weighted by Crippen LogP contribution is 2.29. The maximum atomic E-state index is 12.4. The zero-order valence-electron chi connectivity index (χ0n) is 14.8. The molecule has 0 aliphatic carbocycles. The zero-order valence-corrected chi connectivity index (χ0v) is 16.4. The molecule has 0 unspecified atom stereocenters. The van der Waals surface area contributed by atoms with Crippen molar-refractivity contribution in [3.63, 3.8) is 0 Å². The number of ether oxygens (including phenoxy) is 1. The Balaban J connectivity index is 1.45. The lowest BCUT2D eigenvalue weighted by atomic mass is 10.2. The van der Waals surface area contributed by atoms with Gasteiger partial charge in [0.2, 0.25) is 0 Å². The largest absolute Gasteiger partial charge is 0.573 e. The molecule has 12 heteroatoms. The van der Waals surface area contributed by atoms with Gasteiger partial charge in [0.25, 0.3) is 5.89 Å². The molecule has 0 atom stereocenters. The van der Waals surface area contributed by atoms with Gasteiger partial charge in [0.15, 0.2) is 16.8 Å². The normalized spacial score (nSPS) is 11.7. The van der Waals surface area contributed by atoms with Crippen LogP contribution in [0.2, 0.25) is 0 Å². The Labute approximate surface area is 170 Å². The first-order valence-electron chi connectivity index (χ1n) is 8.14. The zero-order chi connectivity index (χ0) is 20.4. The number of hydrogen-bond acceptors (Lipinski definition) is 8. The highest BCUT2D eigenvalue weighted by molar-refractivity contribution is 7.98. The van der Waals surface area contributed by atoms with E-state index in [2.05, 4.69) is 25.1 Å². The van der Waals surface area contributed by atoms with Crippen LogP contribution in [-0.2, 0) is 12.8 Å². The van der Waals surface area contributed by atoms with Crippen LogP contribution in [-0.4, -0.2) is 31.3 Å². The van der Waals surface area contributed by atoms with Crippen LogP contribution in [0.3, 0.4) is 0 Å². The first-order valence-corrected chi connectivity index (χ1v) is 10.0. The molecule has 0 aliphatic heterocycles. The van der Waals surface area contributed by atoms with Gasteiger partial charge in [-0.25, -0.2) is 0 Å². The lowest BCUT2D eigenvalue weighted by molar-refractivity contribution is -0.274. The van der Waals surface area contributed by atoms with Gasteiger partial charge in [-0.05, 0) is 29.6 Å². The fourth-order valence-electron chi connectivity index (χ4n) is 2.45. The molecule has 0 N–H and O–H groups in total. The molecule has 0 aliphatic rings. The standard InChI is InChI=1S/C17H12F3N5O2S2/c1-25-14(12-6-3-7-28-12)22-23-16(25)29-9-13-21-15(27-24-13)10-4-2-5-11(8-10)26-17(18,19)20/h2-8H,9H2,1H3. The Kier molecular flexibility index (Phi) is 5.28. The summed E-state index contributed by atoms with van der Waals surface area (Å²) in [6.07, 6.45) is -4.77. The van der Waals surface area contributed by atoms with E-state index in [9.17, 15) is 13.2 Å². The fraction of sp³-hybridized carbons (Fsp3) is 0.176. The third kappa shape index (κ3) is 4.59. The molecule has 0 saturated carbocycles. The molecule has 4 rings (SSSR count). The van der Waals surface area contributed by atoms with Crippen molar-refractivity contribution in [2.24, 2.45) is 7.05 Å². The van der Waals surface area contributed by atoms with E-state index in [0.717, 1.165) is 10.7 Å². The highest BCUT2D eigenvalue weighted by Gasteiger charge is 2.31. The van der Waals surface area contributed by atoms with Crippen LogP contribution in [0.5, 0.6) is 5.75 Å². The van der Waals surface area contributed by atoms with Crippen LogP contribution in [0.15, 0.2) is 51.5 Å². The number of nitrogens with zero attached hydrogens (tertiary/aromatic N) is 5. The van der Waals surface area contributed by atoms with Crippen molar-refractivity contribution in [1.82, 2.24) is 24.9 Å². The van der Waals surface area contributed by atoms with Crippen LogP contribution in [0, 0.1) is 0 Å². The summed E-state index contributed by atoms with van der Waals surface area (Å²) >= 11 is 2.94. The number of halogens is 3. The predicted octanol–water partition coefficient (Wildman–Crippen LogP) is 4.78. The topological polar surface area (TPSA) is 78.9 Å². The summed E-state index contributed by atoms with van der Waals surface area (Å²) in [4.78, 5) is 5.24. The molecule has 3 aromatic heterocycles. The van der Waals surface area contributed by atoms with Gasteiger partial charge in [0.1, 0.15) is 5.75 Å². The lowest BCUT2D eigenvalue weighted by Crippen LogP contribution is -2.17. The van der Waals surface area contributed by atoms with Gasteiger partial charge in [-0.15, -0.1) is 34.7 Å². The second-order valence-electron chi connectivity index (χ2n) is 5.72. The minimum atomic E-state index is -4.77. The molecule has 0 fully saturated rings. The van der Waals surface area contributed by atoms with Crippen molar-refractivity contribution in [3.8, 4) is 27.9 Å². The molecule has 0 radical (unpaired) electrons. The Morgan fingerprint density at radius 1 is 1.21 bits per heavy atom. The van der Waals surface area contributed by atoms with Crippen LogP contribution >= 0.6 is 23.1 Å². The van der Waals surface area contributed by atoms with Crippen LogP contribution in [0.1, 0.15) is 5.82 Å². The van der Waals surface area contributed by atoms with Gasteiger partial charge in [-0.2, -0.15) is 4.98 Å². The van der Waals surface area contributed by atoms with Crippen molar-refractivity contribution >= 4 is 23.1 Å². The van der Waals surface area contributed by atoms with Crippen molar-refractivity contribution in [2.45, 2.75) is 17.3 Å². The molecule has 150 valence electrons. The fourth-order valence-corrected chi connectivity index (χ4v) is 3.94. The number of hydrogen-bond donors (Lipinski definition) is 0. The maximum absolute atomic E-state index is 12.4. The average Bonchev–Trinajstić information content (AvgIpc) is 3.40. The molecule has 7 nitrogen and oxygen atoms in total. The molecule has 1 aromatic carbocycles. The van der Waals surface area contributed by atoms with Gasteiger partial charge in [-0.3, -0.25) is 0 Å². The van der Waals surface area contributed by atoms with E-state index in [4.69, 9.17) is 4.52 Å². The minimum absolute atomic E-state index is 0.102. The van der Waals surface area contributed by atoms with Gasteiger partial charge in [0.05, 0.1) is 10.6 Å². The predicted molar refractivity (Wildman–Crippen MR) is 100 cm³/mol. The Morgan fingerprint density at radius 3 is 2.83 bits per heavy atom. The van der Waals surface area contributed by atoms with E-state index in [-0.39, 0.29) is 11.6 Å². The van der Waals surface area contributed by atoms with Gasteiger partial charge >= 0.3 is 6.36 Å². The molecule has 4 aromatic rings. The molecule has 0 spiro atoms. The molecular weight excluding hydrogens is 427 g/mol. The SMILES string of the molecule is Cn1c(SCc2noc(-c3cccc(OC(F)(F)F)c3)n2)nnc1-c1cccs1. The van der Waals surface area contributed by atoms with Crippen LogP contribution in [0.4, 0.5) is 13.2 Å². The third-order valence-electron chi connectivity index (χ3n) is 3.69. The Bertz CT molecular complexity index is 1110. The minimum Gasteiger partial charge on any atom is -0.406 e. The molecule has 0 amide bonds. The third-order valence-corrected chi connectivity index (χ3v) is 5.57. The highest BCUT2D eigenvalue weighted by atomic mass is 32.2. The number of alkyl halides is 3. The number of rotatable bonds is 6. The van der Waals surface area contributed by atoms with E-state index in [1.165, 1.54) is 30.0 Å². The second kappa shape index (κ2) is 7.87. The first-order chi connectivity index (χ1) is 13.9. The monoisotopic (exact) mass is 439 g/mol.